The van der Waals surface area contributed by atoms with Gasteiger partial charge in [0, 0.05) is 17.5 Å². The van der Waals surface area contributed by atoms with Crippen molar-refractivity contribution in [3.8, 4) is 5.75 Å². The van der Waals surface area contributed by atoms with E-state index in [0.29, 0.717) is 24.5 Å². The molecular formula is C33H41N3O5S2. The number of sulfonamides is 1. The quantitative estimate of drug-likeness (QED) is 0.238. The smallest absolute Gasteiger partial charge is 0.264 e. The summed E-state index contributed by atoms with van der Waals surface area (Å²) in [4.78, 5) is 29.9. The van der Waals surface area contributed by atoms with E-state index in [9.17, 15) is 18.0 Å². The Morgan fingerprint density at radius 3 is 2.23 bits per heavy atom. The summed E-state index contributed by atoms with van der Waals surface area (Å²) in [5.41, 5.74) is 1.35. The van der Waals surface area contributed by atoms with E-state index >= 15 is 0 Å². The maximum absolute atomic E-state index is 14.1. The van der Waals surface area contributed by atoms with Gasteiger partial charge in [-0.05, 0) is 93.5 Å². The van der Waals surface area contributed by atoms with Gasteiger partial charge in [-0.3, -0.25) is 13.9 Å². The molecule has 0 saturated heterocycles. The Morgan fingerprint density at radius 1 is 0.977 bits per heavy atom. The third kappa shape index (κ3) is 8.54. The van der Waals surface area contributed by atoms with E-state index in [1.807, 2.05) is 43.5 Å². The molecule has 0 spiro atoms. The summed E-state index contributed by atoms with van der Waals surface area (Å²) in [5, 5.41) is 3.10. The number of nitrogens with zero attached hydrogens (tertiary/aromatic N) is 2. The lowest BCUT2D eigenvalue weighted by atomic mass is 10.1. The van der Waals surface area contributed by atoms with E-state index in [-0.39, 0.29) is 23.4 Å². The van der Waals surface area contributed by atoms with Gasteiger partial charge in [-0.2, -0.15) is 0 Å². The number of carbonyl (C=O) groups is 2. The molecule has 1 fully saturated rings. The van der Waals surface area contributed by atoms with Crippen LogP contribution in [-0.4, -0.2) is 63.2 Å². The SMILES string of the molecule is CCOc1ccc(N(CC(=O)N(CCc2ccccc2)C(C)C(=O)NC2CCCC2)S(=O)(=O)c2ccc(SC)cc2)cc1. The molecule has 1 atom stereocenters. The van der Waals surface area contributed by atoms with Crippen molar-refractivity contribution < 1.29 is 22.7 Å². The Balaban J connectivity index is 1.65. The second-order valence-electron chi connectivity index (χ2n) is 10.6. The van der Waals surface area contributed by atoms with Crippen LogP contribution in [0, 0.1) is 0 Å². The summed E-state index contributed by atoms with van der Waals surface area (Å²) in [5.74, 6) is -0.0828. The maximum atomic E-state index is 14.1. The van der Waals surface area contributed by atoms with Crippen LogP contribution < -0.4 is 14.4 Å². The number of ether oxygens (including phenoxy) is 1. The first-order valence-corrected chi connectivity index (χ1v) is 17.4. The minimum atomic E-state index is -4.13. The number of carbonyl (C=O) groups excluding carboxylic acids is 2. The molecule has 0 bridgehead atoms. The number of amides is 2. The summed E-state index contributed by atoms with van der Waals surface area (Å²) in [7, 11) is -4.13. The highest BCUT2D eigenvalue weighted by Gasteiger charge is 2.33. The minimum Gasteiger partial charge on any atom is -0.494 e. The largest absolute Gasteiger partial charge is 0.494 e. The summed E-state index contributed by atoms with van der Waals surface area (Å²) in [6.45, 7) is 3.86. The van der Waals surface area contributed by atoms with E-state index in [2.05, 4.69) is 5.32 Å². The number of thioether (sulfide) groups is 1. The van der Waals surface area contributed by atoms with E-state index in [0.717, 1.165) is 40.4 Å². The van der Waals surface area contributed by atoms with Crippen molar-refractivity contribution in [3.05, 3.63) is 84.4 Å². The Labute approximate surface area is 259 Å². The number of hydrogen-bond acceptors (Lipinski definition) is 6. The van der Waals surface area contributed by atoms with Crippen LogP contribution in [0.25, 0.3) is 0 Å². The summed E-state index contributed by atoms with van der Waals surface area (Å²) >= 11 is 1.51. The molecule has 1 aliphatic rings. The Kier molecular flexibility index (Phi) is 11.5. The highest BCUT2D eigenvalue weighted by Crippen LogP contribution is 2.28. The lowest BCUT2D eigenvalue weighted by molar-refractivity contribution is -0.139. The van der Waals surface area contributed by atoms with Crippen molar-refractivity contribution in [2.45, 2.75) is 67.8 Å². The van der Waals surface area contributed by atoms with Gasteiger partial charge in [0.05, 0.1) is 17.2 Å². The van der Waals surface area contributed by atoms with Crippen LogP contribution >= 0.6 is 11.8 Å². The lowest BCUT2D eigenvalue weighted by Gasteiger charge is -2.32. The zero-order chi connectivity index (χ0) is 30.8. The van der Waals surface area contributed by atoms with Gasteiger partial charge in [0.15, 0.2) is 0 Å². The van der Waals surface area contributed by atoms with E-state index in [1.54, 1.807) is 55.5 Å². The third-order valence-corrected chi connectivity index (χ3v) is 10.2. The molecule has 230 valence electrons. The van der Waals surface area contributed by atoms with Crippen molar-refractivity contribution in [2.75, 3.05) is 30.3 Å². The summed E-state index contributed by atoms with van der Waals surface area (Å²) in [6, 6.07) is 22.3. The van der Waals surface area contributed by atoms with Crippen LogP contribution in [0.1, 0.15) is 45.1 Å². The maximum Gasteiger partial charge on any atom is 0.264 e. The number of benzene rings is 3. The molecule has 4 rings (SSSR count). The predicted octanol–water partition coefficient (Wildman–Crippen LogP) is 5.52. The highest BCUT2D eigenvalue weighted by atomic mass is 32.2. The van der Waals surface area contributed by atoms with E-state index in [1.165, 1.54) is 16.7 Å². The molecule has 8 nitrogen and oxygen atoms in total. The molecule has 3 aromatic rings. The zero-order valence-electron chi connectivity index (χ0n) is 25.1. The van der Waals surface area contributed by atoms with Gasteiger partial charge in [-0.25, -0.2) is 8.42 Å². The molecule has 43 heavy (non-hydrogen) atoms. The molecule has 1 unspecified atom stereocenters. The average molecular weight is 624 g/mol. The second-order valence-corrected chi connectivity index (χ2v) is 13.3. The van der Waals surface area contributed by atoms with Crippen LogP contribution in [-0.2, 0) is 26.0 Å². The van der Waals surface area contributed by atoms with Crippen LogP contribution in [0.4, 0.5) is 5.69 Å². The highest BCUT2D eigenvalue weighted by molar-refractivity contribution is 7.98. The first kappa shape index (κ1) is 32.4. The predicted molar refractivity (Wildman–Crippen MR) is 172 cm³/mol. The zero-order valence-corrected chi connectivity index (χ0v) is 26.7. The molecule has 1 N–H and O–H groups in total. The topological polar surface area (TPSA) is 96.0 Å². The number of rotatable bonds is 14. The molecule has 10 heteroatoms. The normalized spacial score (nSPS) is 14.2. The molecule has 3 aromatic carbocycles. The van der Waals surface area contributed by atoms with Gasteiger partial charge >= 0.3 is 0 Å². The average Bonchev–Trinajstić information content (AvgIpc) is 3.54. The van der Waals surface area contributed by atoms with Crippen LogP contribution in [0.5, 0.6) is 5.75 Å². The molecule has 0 radical (unpaired) electrons. The van der Waals surface area contributed by atoms with Gasteiger partial charge in [0.25, 0.3) is 10.0 Å². The van der Waals surface area contributed by atoms with Crippen molar-refractivity contribution >= 4 is 39.3 Å². The third-order valence-electron chi connectivity index (χ3n) is 7.72. The standard InChI is InChI=1S/C33H41N3O5S2/c1-4-41-29-16-14-28(15-17-29)36(43(39,40)31-20-18-30(42-3)19-21-31)24-32(37)35(23-22-26-10-6-5-7-11-26)25(2)33(38)34-27-12-8-9-13-27/h5-7,10-11,14-21,25,27H,4,8-9,12-13,22-24H2,1-3H3,(H,34,38). The summed E-state index contributed by atoms with van der Waals surface area (Å²) in [6.07, 6.45) is 6.44. The molecule has 0 aliphatic heterocycles. The van der Waals surface area contributed by atoms with Gasteiger partial charge in [0.1, 0.15) is 18.3 Å². The fourth-order valence-electron chi connectivity index (χ4n) is 5.24. The number of nitrogens with one attached hydrogen (secondary N) is 1. The lowest BCUT2D eigenvalue weighted by Crippen LogP contribution is -2.53. The molecule has 1 aliphatic carbocycles. The van der Waals surface area contributed by atoms with Gasteiger partial charge < -0.3 is 15.0 Å². The van der Waals surface area contributed by atoms with Crippen LogP contribution in [0.15, 0.2) is 88.7 Å². The first-order chi connectivity index (χ1) is 20.7. The number of anilines is 1. The molecule has 1 saturated carbocycles. The van der Waals surface area contributed by atoms with Gasteiger partial charge in [-0.15, -0.1) is 11.8 Å². The molecular weight excluding hydrogens is 583 g/mol. The Hall–Kier alpha value is -3.50. The van der Waals surface area contributed by atoms with Crippen molar-refractivity contribution in [3.63, 3.8) is 0 Å². The van der Waals surface area contributed by atoms with E-state index < -0.39 is 28.5 Å². The van der Waals surface area contributed by atoms with Crippen molar-refractivity contribution in [1.82, 2.24) is 10.2 Å². The van der Waals surface area contributed by atoms with Crippen LogP contribution in [0.2, 0.25) is 0 Å². The molecule has 0 aromatic heterocycles. The van der Waals surface area contributed by atoms with E-state index in [4.69, 9.17) is 4.74 Å². The fraction of sp³-hybridized carbons (Fsp3) is 0.394. The minimum absolute atomic E-state index is 0.0786. The second kappa shape index (κ2) is 15.3. The van der Waals surface area contributed by atoms with Crippen molar-refractivity contribution in [1.29, 1.82) is 0 Å². The van der Waals surface area contributed by atoms with Gasteiger partial charge in [-0.1, -0.05) is 43.2 Å². The number of hydrogen-bond donors (Lipinski definition) is 1. The summed E-state index contributed by atoms with van der Waals surface area (Å²) < 4.78 is 34.8. The Morgan fingerprint density at radius 2 is 1.63 bits per heavy atom. The first-order valence-electron chi connectivity index (χ1n) is 14.8. The Bertz CT molecular complexity index is 1440. The molecule has 2 amide bonds. The fourth-order valence-corrected chi connectivity index (χ4v) is 7.06. The van der Waals surface area contributed by atoms with Crippen molar-refractivity contribution in [2.24, 2.45) is 0 Å². The monoisotopic (exact) mass is 623 g/mol. The van der Waals surface area contributed by atoms with Crippen LogP contribution in [0.3, 0.4) is 0 Å². The van der Waals surface area contributed by atoms with Gasteiger partial charge in [0.2, 0.25) is 11.8 Å². The molecule has 0 heterocycles.